The standard InChI is InChI=1S/C18H22N4O2/c23-22(24)17-7-3-1-5-15(17)9-10-20-16-6-2-4-8-18(16)21-13-11-19-12-14-21/h1-8,19-20H,9-14H2/i/hD. The molecule has 0 aromatic heterocycles. The molecule has 1 heterocycles. The number of hydrogen-bond donors (Lipinski definition) is 2. The van der Waals surface area contributed by atoms with Crippen molar-refractivity contribution in [3.05, 3.63) is 64.2 Å². The molecule has 1 aliphatic heterocycles. The largest absolute Gasteiger partial charge is 0.383 e. The summed E-state index contributed by atoms with van der Waals surface area (Å²) in [6, 6.07) is 15.0. The van der Waals surface area contributed by atoms with Crippen molar-refractivity contribution in [1.82, 2.24) is 5.31 Å². The molecule has 0 atom stereocenters. The molecule has 1 fully saturated rings. The lowest BCUT2D eigenvalue weighted by molar-refractivity contribution is -0.385. The van der Waals surface area contributed by atoms with Gasteiger partial charge in [0.05, 0.1) is 16.3 Å². The molecular weight excluding hydrogens is 304 g/mol. The molecule has 24 heavy (non-hydrogen) atoms. The second kappa shape index (κ2) is 7.79. The maximum Gasteiger partial charge on any atom is 0.272 e. The summed E-state index contributed by atoms with van der Waals surface area (Å²) in [5, 5.41) is 16.1. The predicted octanol–water partition coefficient (Wildman–Crippen LogP) is 2.66. The van der Waals surface area contributed by atoms with Crippen LogP contribution in [-0.4, -0.2) is 37.6 Å². The Bertz CT molecular complexity index is 733. The van der Waals surface area contributed by atoms with Crippen molar-refractivity contribution in [2.45, 2.75) is 6.42 Å². The molecule has 126 valence electrons. The van der Waals surface area contributed by atoms with Crippen LogP contribution in [0.15, 0.2) is 48.5 Å². The minimum atomic E-state index is -0.330. The van der Waals surface area contributed by atoms with E-state index in [-0.39, 0.29) is 10.6 Å². The molecule has 0 spiro atoms. The monoisotopic (exact) mass is 327 g/mol. The van der Waals surface area contributed by atoms with E-state index in [0.29, 0.717) is 13.0 Å². The molecule has 0 bridgehead atoms. The van der Waals surface area contributed by atoms with Gasteiger partial charge in [0.1, 0.15) is 1.41 Å². The topological polar surface area (TPSA) is 70.4 Å². The fourth-order valence-corrected chi connectivity index (χ4v) is 2.98. The average Bonchev–Trinajstić information content (AvgIpc) is 2.63. The first kappa shape index (κ1) is 15.0. The fourth-order valence-electron chi connectivity index (χ4n) is 2.98. The van der Waals surface area contributed by atoms with E-state index in [1.165, 1.54) is 0 Å². The number of hydrogen-bond acceptors (Lipinski definition) is 5. The molecule has 2 aromatic carbocycles. The van der Waals surface area contributed by atoms with E-state index in [2.05, 4.69) is 16.3 Å². The Morgan fingerprint density at radius 1 is 1.17 bits per heavy atom. The van der Waals surface area contributed by atoms with Gasteiger partial charge in [-0.2, -0.15) is 0 Å². The van der Waals surface area contributed by atoms with E-state index in [1.54, 1.807) is 23.5 Å². The molecule has 6 nitrogen and oxygen atoms in total. The molecule has 0 saturated carbocycles. The van der Waals surface area contributed by atoms with Crippen molar-refractivity contribution in [2.24, 2.45) is 0 Å². The van der Waals surface area contributed by atoms with E-state index in [0.717, 1.165) is 43.1 Å². The highest BCUT2D eigenvalue weighted by atomic mass is 16.6. The minimum Gasteiger partial charge on any atom is -0.383 e. The Morgan fingerprint density at radius 2 is 1.88 bits per heavy atom. The van der Waals surface area contributed by atoms with Crippen LogP contribution in [0.5, 0.6) is 0 Å². The van der Waals surface area contributed by atoms with Gasteiger partial charge in [-0.1, -0.05) is 30.3 Å². The van der Waals surface area contributed by atoms with Crippen LogP contribution in [0.4, 0.5) is 17.1 Å². The van der Waals surface area contributed by atoms with Crippen molar-refractivity contribution in [3.8, 4) is 0 Å². The number of para-hydroxylation sites is 3. The first-order chi connectivity index (χ1) is 12.1. The van der Waals surface area contributed by atoms with Gasteiger partial charge in [-0.05, 0) is 18.6 Å². The van der Waals surface area contributed by atoms with E-state index in [1.807, 2.05) is 24.3 Å². The molecule has 1 saturated heterocycles. The Kier molecular flexibility index (Phi) is 4.85. The quantitative estimate of drug-likeness (QED) is 0.630. The number of piperazine rings is 1. The summed E-state index contributed by atoms with van der Waals surface area (Å²) < 4.78 is 7.67. The predicted molar refractivity (Wildman–Crippen MR) is 96.8 cm³/mol. The van der Waals surface area contributed by atoms with Crippen molar-refractivity contribution >= 4 is 17.1 Å². The van der Waals surface area contributed by atoms with Gasteiger partial charge in [-0.25, -0.2) is 0 Å². The molecule has 2 N–H and O–H groups in total. The highest BCUT2D eigenvalue weighted by Crippen LogP contribution is 2.26. The number of benzene rings is 2. The van der Waals surface area contributed by atoms with Crippen LogP contribution < -0.4 is 15.5 Å². The van der Waals surface area contributed by atoms with Crippen LogP contribution in [0.25, 0.3) is 0 Å². The Balaban J connectivity index is 1.65. The van der Waals surface area contributed by atoms with Crippen LogP contribution in [0.2, 0.25) is 1.41 Å². The van der Waals surface area contributed by atoms with Gasteiger partial charge in [0.15, 0.2) is 0 Å². The molecule has 2 aromatic rings. The summed E-state index contributed by atoms with van der Waals surface area (Å²) in [5.74, 6) is 0. The van der Waals surface area contributed by atoms with Gasteiger partial charge in [0.2, 0.25) is 0 Å². The maximum atomic E-state index is 11.1. The van der Waals surface area contributed by atoms with E-state index in [4.69, 9.17) is 1.41 Å². The third-order valence-electron chi connectivity index (χ3n) is 4.20. The Hall–Kier alpha value is -2.60. The molecule has 1 aliphatic rings. The van der Waals surface area contributed by atoms with Gasteiger partial charge in [0, 0.05) is 44.4 Å². The number of nitro groups is 1. The van der Waals surface area contributed by atoms with E-state index < -0.39 is 0 Å². The fraction of sp³-hybridized carbons (Fsp3) is 0.333. The van der Waals surface area contributed by atoms with Gasteiger partial charge in [-0.15, -0.1) is 0 Å². The lowest BCUT2D eigenvalue weighted by Gasteiger charge is -2.31. The van der Waals surface area contributed by atoms with E-state index in [9.17, 15) is 10.1 Å². The molecule has 0 unspecified atom stereocenters. The van der Waals surface area contributed by atoms with Crippen LogP contribution in [0.1, 0.15) is 5.56 Å². The second-order valence-corrected chi connectivity index (χ2v) is 5.74. The first-order valence-electron chi connectivity index (χ1n) is 8.64. The van der Waals surface area contributed by atoms with Gasteiger partial charge in [0.25, 0.3) is 5.69 Å². The van der Waals surface area contributed by atoms with Crippen LogP contribution >= 0.6 is 0 Å². The Labute approximate surface area is 143 Å². The van der Waals surface area contributed by atoms with Gasteiger partial charge in [-0.3, -0.25) is 10.1 Å². The smallest absolute Gasteiger partial charge is 0.272 e. The van der Waals surface area contributed by atoms with Crippen molar-refractivity contribution < 1.29 is 6.34 Å². The van der Waals surface area contributed by atoms with Gasteiger partial charge < -0.3 is 15.5 Å². The number of nitro benzene ring substituents is 1. The zero-order valence-corrected chi connectivity index (χ0v) is 13.5. The zero-order valence-electron chi connectivity index (χ0n) is 14.5. The summed E-state index contributed by atoms with van der Waals surface area (Å²) >= 11 is 0. The summed E-state index contributed by atoms with van der Waals surface area (Å²) in [6.07, 6.45) is 0.589. The SMILES string of the molecule is [2H]N1CCN(c2ccccc2NCCc2ccccc2[N+](=O)[O-])CC1. The lowest BCUT2D eigenvalue weighted by atomic mass is 10.1. The highest BCUT2D eigenvalue weighted by molar-refractivity contribution is 5.70. The molecule has 0 aliphatic carbocycles. The van der Waals surface area contributed by atoms with Crippen LogP contribution in [0, 0.1) is 10.1 Å². The third kappa shape index (κ3) is 3.83. The van der Waals surface area contributed by atoms with Crippen LogP contribution in [-0.2, 0) is 6.42 Å². The van der Waals surface area contributed by atoms with Crippen molar-refractivity contribution in [3.63, 3.8) is 0 Å². The number of rotatable bonds is 6. The lowest BCUT2D eigenvalue weighted by Crippen LogP contribution is -2.43. The van der Waals surface area contributed by atoms with Crippen LogP contribution in [0.3, 0.4) is 0 Å². The molecule has 6 heteroatoms. The number of nitrogens with zero attached hydrogens (tertiary/aromatic N) is 2. The third-order valence-corrected chi connectivity index (χ3v) is 4.20. The summed E-state index contributed by atoms with van der Waals surface area (Å²) in [6.45, 7) is 3.73. The average molecular weight is 327 g/mol. The normalized spacial score (nSPS) is 15.8. The maximum absolute atomic E-state index is 11.1. The van der Waals surface area contributed by atoms with Crippen molar-refractivity contribution in [2.75, 3.05) is 42.9 Å². The van der Waals surface area contributed by atoms with Crippen molar-refractivity contribution in [1.29, 1.82) is 0 Å². The first-order valence-corrected chi connectivity index (χ1v) is 8.19. The number of nitrogens with one attached hydrogen (secondary N) is 2. The van der Waals surface area contributed by atoms with E-state index >= 15 is 0 Å². The number of anilines is 2. The second-order valence-electron chi connectivity index (χ2n) is 5.74. The summed E-state index contributed by atoms with van der Waals surface area (Å²) in [7, 11) is 0. The van der Waals surface area contributed by atoms with Gasteiger partial charge >= 0.3 is 0 Å². The highest BCUT2D eigenvalue weighted by Gasteiger charge is 2.14. The Morgan fingerprint density at radius 3 is 2.67 bits per heavy atom. The summed E-state index contributed by atoms with van der Waals surface area (Å²) in [4.78, 5) is 13.0. The molecule has 3 rings (SSSR count). The molecular formula is C18H22N4O2. The summed E-state index contributed by atoms with van der Waals surface area (Å²) in [5.41, 5.74) is 3.06. The minimum absolute atomic E-state index is 0.171. The molecule has 0 radical (unpaired) electrons. The molecule has 0 amide bonds. The zero-order chi connectivity index (χ0) is 17.6.